The van der Waals surface area contributed by atoms with Gasteiger partial charge in [-0.05, 0) is 31.0 Å². The van der Waals surface area contributed by atoms with Gasteiger partial charge < -0.3 is 10.6 Å². The van der Waals surface area contributed by atoms with E-state index in [1.54, 1.807) is 0 Å². The quantitative estimate of drug-likeness (QED) is 0.738. The van der Waals surface area contributed by atoms with Crippen molar-refractivity contribution in [2.75, 3.05) is 7.05 Å². The molecule has 2 N–H and O–H groups in total. The van der Waals surface area contributed by atoms with Crippen LogP contribution in [0.4, 0.5) is 0 Å². The molecule has 0 fully saturated rings. The minimum atomic E-state index is 0.650. The molecule has 0 saturated carbocycles. The summed E-state index contributed by atoms with van der Waals surface area (Å²) in [5.41, 5.74) is 2.71. The molecule has 0 saturated heterocycles. The van der Waals surface area contributed by atoms with Gasteiger partial charge in [0.1, 0.15) is 0 Å². The molecule has 0 aliphatic carbocycles. The molecule has 0 spiro atoms. The van der Waals surface area contributed by atoms with Gasteiger partial charge in [0.25, 0.3) is 0 Å². The van der Waals surface area contributed by atoms with Crippen LogP contribution in [0.15, 0.2) is 24.3 Å². The van der Waals surface area contributed by atoms with Crippen LogP contribution in [0, 0.1) is 0 Å². The van der Waals surface area contributed by atoms with Gasteiger partial charge in [0.15, 0.2) is 0 Å². The molecule has 1 aromatic rings. The van der Waals surface area contributed by atoms with E-state index in [0.717, 1.165) is 13.1 Å². The maximum absolute atomic E-state index is 3.57. The Morgan fingerprint density at radius 1 is 0.938 bits per heavy atom. The van der Waals surface area contributed by atoms with Crippen molar-refractivity contribution in [1.29, 1.82) is 0 Å². The van der Waals surface area contributed by atoms with Crippen LogP contribution in [0.2, 0.25) is 0 Å². The van der Waals surface area contributed by atoms with Crippen LogP contribution in [0.1, 0.15) is 37.8 Å². The lowest BCUT2D eigenvalue weighted by atomic mass is 10.1. The summed E-state index contributed by atoms with van der Waals surface area (Å²) in [6.07, 6.45) is 2.41. The van der Waals surface area contributed by atoms with Gasteiger partial charge in [-0.2, -0.15) is 0 Å². The highest BCUT2D eigenvalue weighted by Crippen LogP contribution is 2.05. The molecule has 0 unspecified atom stereocenters. The third-order valence-electron chi connectivity index (χ3n) is 2.98. The monoisotopic (exact) mass is 220 g/mol. The number of hydrogen-bond donors (Lipinski definition) is 2. The third kappa shape index (κ3) is 4.33. The van der Waals surface area contributed by atoms with Gasteiger partial charge >= 0.3 is 0 Å². The van der Waals surface area contributed by atoms with Crippen LogP contribution in [-0.4, -0.2) is 13.1 Å². The fourth-order valence-corrected chi connectivity index (χ4v) is 1.82. The molecule has 0 amide bonds. The number of hydrogen-bond acceptors (Lipinski definition) is 2. The minimum Gasteiger partial charge on any atom is -0.316 e. The lowest BCUT2D eigenvalue weighted by Gasteiger charge is -2.14. The summed E-state index contributed by atoms with van der Waals surface area (Å²) in [4.78, 5) is 0. The molecule has 0 radical (unpaired) electrons. The Bertz CT molecular complexity index is 275. The summed E-state index contributed by atoms with van der Waals surface area (Å²) in [7, 11) is 1.97. The molecular formula is C14H24N2. The molecule has 0 aliphatic rings. The summed E-state index contributed by atoms with van der Waals surface area (Å²) >= 11 is 0. The normalized spacial score (nSPS) is 11.0. The Morgan fingerprint density at radius 2 is 1.44 bits per heavy atom. The molecule has 0 bridgehead atoms. The van der Waals surface area contributed by atoms with Crippen molar-refractivity contribution in [3.8, 4) is 0 Å². The minimum absolute atomic E-state index is 0.650. The standard InChI is InChI=1S/C14H24N2/c1-4-14(5-2)16-11-13-8-6-12(7-9-13)10-15-3/h6-9,14-16H,4-5,10-11H2,1-3H3. The first-order valence-electron chi connectivity index (χ1n) is 6.25. The van der Waals surface area contributed by atoms with Crippen molar-refractivity contribution in [2.45, 2.75) is 45.8 Å². The topological polar surface area (TPSA) is 24.1 Å². The first-order valence-corrected chi connectivity index (χ1v) is 6.25. The maximum atomic E-state index is 3.57. The van der Waals surface area contributed by atoms with Gasteiger partial charge in [0, 0.05) is 19.1 Å². The average molecular weight is 220 g/mol. The Kier molecular flexibility index (Phi) is 6.12. The molecule has 90 valence electrons. The van der Waals surface area contributed by atoms with Crippen molar-refractivity contribution in [1.82, 2.24) is 10.6 Å². The van der Waals surface area contributed by atoms with Crippen LogP contribution in [-0.2, 0) is 13.1 Å². The molecule has 2 nitrogen and oxygen atoms in total. The maximum Gasteiger partial charge on any atom is 0.0208 e. The van der Waals surface area contributed by atoms with E-state index in [1.807, 2.05) is 7.05 Å². The van der Waals surface area contributed by atoms with Crippen molar-refractivity contribution in [2.24, 2.45) is 0 Å². The van der Waals surface area contributed by atoms with E-state index in [-0.39, 0.29) is 0 Å². The molecule has 0 aliphatic heterocycles. The zero-order valence-electron chi connectivity index (χ0n) is 10.7. The van der Waals surface area contributed by atoms with E-state index < -0.39 is 0 Å². The first-order chi connectivity index (χ1) is 7.80. The SMILES string of the molecule is CCC(CC)NCc1ccc(CNC)cc1. The smallest absolute Gasteiger partial charge is 0.0208 e. The van der Waals surface area contributed by atoms with Gasteiger partial charge in [-0.15, -0.1) is 0 Å². The van der Waals surface area contributed by atoms with E-state index in [1.165, 1.54) is 24.0 Å². The number of rotatable bonds is 7. The molecule has 1 aromatic carbocycles. The van der Waals surface area contributed by atoms with Crippen LogP contribution < -0.4 is 10.6 Å². The van der Waals surface area contributed by atoms with Crippen LogP contribution in [0.3, 0.4) is 0 Å². The molecule has 16 heavy (non-hydrogen) atoms. The molecule has 0 heterocycles. The van der Waals surface area contributed by atoms with Crippen LogP contribution >= 0.6 is 0 Å². The third-order valence-corrected chi connectivity index (χ3v) is 2.98. The second-order valence-electron chi connectivity index (χ2n) is 4.24. The zero-order valence-corrected chi connectivity index (χ0v) is 10.7. The first kappa shape index (κ1) is 13.2. The van der Waals surface area contributed by atoms with Gasteiger partial charge in [-0.1, -0.05) is 38.1 Å². The fraction of sp³-hybridized carbons (Fsp3) is 0.571. The molecular weight excluding hydrogens is 196 g/mol. The zero-order chi connectivity index (χ0) is 11.8. The number of benzene rings is 1. The lowest BCUT2D eigenvalue weighted by molar-refractivity contribution is 0.484. The lowest BCUT2D eigenvalue weighted by Crippen LogP contribution is -2.26. The summed E-state index contributed by atoms with van der Waals surface area (Å²) in [5, 5.41) is 6.73. The molecule has 0 aromatic heterocycles. The van der Waals surface area contributed by atoms with E-state index in [0.29, 0.717) is 6.04 Å². The second kappa shape index (κ2) is 7.42. The van der Waals surface area contributed by atoms with Gasteiger partial charge in [0.2, 0.25) is 0 Å². The second-order valence-corrected chi connectivity index (χ2v) is 4.24. The predicted octanol–water partition coefficient (Wildman–Crippen LogP) is 2.68. The summed E-state index contributed by atoms with van der Waals surface area (Å²) in [6.45, 7) is 6.39. The van der Waals surface area contributed by atoms with Gasteiger partial charge in [-0.3, -0.25) is 0 Å². The summed E-state index contributed by atoms with van der Waals surface area (Å²) in [5.74, 6) is 0. The van der Waals surface area contributed by atoms with Crippen LogP contribution in [0.5, 0.6) is 0 Å². The van der Waals surface area contributed by atoms with E-state index >= 15 is 0 Å². The highest BCUT2D eigenvalue weighted by molar-refractivity contribution is 5.22. The fourth-order valence-electron chi connectivity index (χ4n) is 1.82. The van der Waals surface area contributed by atoms with Crippen LogP contribution in [0.25, 0.3) is 0 Å². The largest absolute Gasteiger partial charge is 0.316 e. The molecule has 1 rings (SSSR count). The van der Waals surface area contributed by atoms with Gasteiger partial charge in [0.05, 0.1) is 0 Å². The van der Waals surface area contributed by atoms with Crippen molar-refractivity contribution >= 4 is 0 Å². The van der Waals surface area contributed by atoms with Gasteiger partial charge in [-0.25, -0.2) is 0 Å². The Morgan fingerprint density at radius 3 is 1.88 bits per heavy atom. The van der Waals surface area contributed by atoms with E-state index in [9.17, 15) is 0 Å². The Hall–Kier alpha value is -0.860. The van der Waals surface area contributed by atoms with E-state index in [2.05, 4.69) is 48.7 Å². The summed E-state index contributed by atoms with van der Waals surface area (Å²) < 4.78 is 0. The van der Waals surface area contributed by atoms with Crippen molar-refractivity contribution < 1.29 is 0 Å². The predicted molar refractivity (Wildman–Crippen MR) is 70.4 cm³/mol. The van der Waals surface area contributed by atoms with Crippen molar-refractivity contribution in [3.05, 3.63) is 35.4 Å². The molecule has 2 heteroatoms. The average Bonchev–Trinajstić information content (AvgIpc) is 2.33. The number of nitrogens with one attached hydrogen (secondary N) is 2. The highest BCUT2D eigenvalue weighted by atomic mass is 14.9. The highest BCUT2D eigenvalue weighted by Gasteiger charge is 2.01. The summed E-state index contributed by atoms with van der Waals surface area (Å²) in [6, 6.07) is 9.46. The Balaban J connectivity index is 2.42. The van der Waals surface area contributed by atoms with E-state index in [4.69, 9.17) is 0 Å². The van der Waals surface area contributed by atoms with Crippen molar-refractivity contribution in [3.63, 3.8) is 0 Å². The Labute approximate surface area is 99.5 Å². The molecule has 0 atom stereocenters.